The first-order chi connectivity index (χ1) is 15.5. The van der Waals surface area contributed by atoms with Gasteiger partial charge in [-0.05, 0) is 50.4 Å². The highest BCUT2D eigenvalue weighted by Crippen LogP contribution is 2.41. The van der Waals surface area contributed by atoms with Crippen molar-refractivity contribution in [2.75, 3.05) is 26.3 Å². The number of likely N-dealkylation sites (tertiary alicyclic amines) is 1. The molecule has 4 aliphatic heterocycles. The standard InChI is InChI=1S/C23H37FN4O3S/c1-2-13-9-15(24)10-18-16(13)11-19(25-18)22(30)28-6-3-17-20(12-28)32-23(26-17)27-21(29)14-4-7-31-8-5-14/h13-20,23,25-26H,2-12H2,1H3,(H,27,29). The van der Waals surface area contributed by atoms with Crippen molar-refractivity contribution in [2.45, 2.75) is 86.9 Å². The summed E-state index contributed by atoms with van der Waals surface area (Å²) in [6.45, 7) is 4.91. The van der Waals surface area contributed by atoms with E-state index in [2.05, 4.69) is 22.9 Å². The second kappa shape index (κ2) is 9.76. The Morgan fingerprint density at radius 1 is 1.12 bits per heavy atom. The Hall–Kier alpha value is -0.900. The summed E-state index contributed by atoms with van der Waals surface area (Å²) in [4.78, 5) is 27.9. The van der Waals surface area contributed by atoms with Gasteiger partial charge in [-0.25, -0.2) is 4.39 Å². The van der Waals surface area contributed by atoms with E-state index in [-0.39, 0.29) is 40.6 Å². The van der Waals surface area contributed by atoms with E-state index in [1.807, 2.05) is 4.90 Å². The van der Waals surface area contributed by atoms with Gasteiger partial charge < -0.3 is 20.3 Å². The van der Waals surface area contributed by atoms with Crippen LogP contribution in [-0.2, 0) is 14.3 Å². The molecule has 32 heavy (non-hydrogen) atoms. The fourth-order valence-electron chi connectivity index (χ4n) is 6.52. The molecule has 5 aliphatic rings. The maximum Gasteiger partial charge on any atom is 0.239 e. The molecule has 9 heteroatoms. The van der Waals surface area contributed by atoms with Crippen molar-refractivity contribution in [3.05, 3.63) is 0 Å². The molecule has 4 saturated heterocycles. The van der Waals surface area contributed by atoms with Crippen LogP contribution >= 0.6 is 11.8 Å². The third kappa shape index (κ3) is 4.68. The second-order valence-electron chi connectivity index (χ2n) is 10.3. The van der Waals surface area contributed by atoms with E-state index in [0.29, 0.717) is 50.5 Å². The molecule has 180 valence electrons. The Kier molecular flexibility index (Phi) is 6.98. The maximum absolute atomic E-state index is 14.2. The average molecular weight is 469 g/mol. The zero-order valence-corrected chi connectivity index (χ0v) is 19.7. The number of piperidine rings is 1. The van der Waals surface area contributed by atoms with Crippen LogP contribution in [0.4, 0.5) is 4.39 Å². The van der Waals surface area contributed by atoms with Crippen molar-refractivity contribution in [1.29, 1.82) is 0 Å². The number of halogens is 1. The first-order valence-electron chi connectivity index (χ1n) is 12.5. The van der Waals surface area contributed by atoms with Crippen molar-refractivity contribution < 1.29 is 18.7 Å². The maximum atomic E-state index is 14.2. The molecule has 7 nitrogen and oxygen atoms in total. The number of hydrogen-bond acceptors (Lipinski definition) is 6. The number of carbonyl (C=O) groups excluding carboxylic acids is 2. The molecule has 1 saturated carbocycles. The number of nitrogens with one attached hydrogen (secondary N) is 3. The number of carbonyl (C=O) groups is 2. The van der Waals surface area contributed by atoms with Crippen LogP contribution in [0.15, 0.2) is 0 Å². The lowest BCUT2D eigenvalue weighted by molar-refractivity contribution is -0.134. The lowest BCUT2D eigenvalue weighted by atomic mass is 9.74. The third-order valence-electron chi connectivity index (χ3n) is 8.35. The Morgan fingerprint density at radius 3 is 2.72 bits per heavy atom. The van der Waals surface area contributed by atoms with Gasteiger partial charge in [-0.1, -0.05) is 13.3 Å². The van der Waals surface area contributed by atoms with Gasteiger partial charge in [-0.2, -0.15) is 0 Å². The number of thioether (sulfide) groups is 1. The number of hydrogen-bond donors (Lipinski definition) is 3. The normalized spacial score (nSPS) is 42.4. The summed E-state index contributed by atoms with van der Waals surface area (Å²) < 4.78 is 19.5. The monoisotopic (exact) mass is 468 g/mol. The van der Waals surface area contributed by atoms with Crippen LogP contribution in [0.1, 0.15) is 51.9 Å². The number of fused-ring (bicyclic) bond motifs is 2. The molecule has 2 amide bonds. The highest BCUT2D eigenvalue weighted by atomic mass is 32.2. The van der Waals surface area contributed by atoms with Crippen molar-refractivity contribution in [3.63, 3.8) is 0 Å². The molecule has 8 unspecified atom stereocenters. The molecule has 0 spiro atoms. The number of nitrogens with zero attached hydrogens (tertiary/aromatic N) is 1. The van der Waals surface area contributed by atoms with Crippen molar-refractivity contribution in [3.8, 4) is 0 Å². The number of alkyl halides is 1. The average Bonchev–Trinajstić information content (AvgIpc) is 3.41. The smallest absolute Gasteiger partial charge is 0.239 e. The lowest BCUT2D eigenvalue weighted by Crippen LogP contribution is -2.54. The van der Waals surface area contributed by atoms with Gasteiger partial charge >= 0.3 is 0 Å². The second-order valence-corrected chi connectivity index (χ2v) is 11.6. The molecule has 0 bridgehead atoms. The van der Waals surface area contributed by atoms with Gasteiger partial charge in [0.25, 0.3) is 0 Å². The third-order valence-corrected chi connectivity index (χ3v) is 9.70. The van der Waals surface area contributed by atoms with E-state index in [1.54, 1.807) is 11.8 Å². The first kappa shape index (κ1) is 22.9. The molecular formula is C23H37FN4O3S. The number of rotatable bonds is 4. The quantitative estimate of drug-likeness (QED) is 0.582. The van der Waals surface area contributed by atoms with E-state index < -0.39 is 6.17 Å². The minimum atomic E-state index is -0.743. The molecule has 4 heterocycles. The minimum Gasteiger partial charge on any atom is -0.381 e. The van der Waals surface area contributed by atoms with Crippen molar-refractivity contribution in [2.24, 2.45) is 17.8 Å². The zero-order chi connectivity index (χ0) is 22.2. The van der Waals surface area contributed by atoms with Crippen LogP contribution < -0.4 is 16.0 Å². The van der Waals surface area contributed by atoms with Crippen LogP contribution in [0.5, 0.6) is 0 Å². The van der Waals surface area contributed by atoms with Gasteiger partial charge in [0, 0.05) is 49.6 Å². The molecular weight excluding hydrogens is 431 g/mol. The minimum absolute atomic E-state index is 0.0414. The van der Waals surface area contributed by atoms with Crippen LogP contribution in [-0.4, -0.2) is 78.1 Å². The summed E-state index contributed by atoms with van der Waals surface area (Å²) in [5.74, 6) is 1.14. The van der Waals surface area contributed by atoms with Crippen molar-refractivity contribution >= 4 is 23.6 Å². The zero-order valence-electron chi connectivity index (χ0n) is 18.9. The SMILES string of the molecule is CCC1CC(F)CC2NC(C(=O)N3CCC4NC(NC(=O)C5CCOCC5)SC4C3)CC12. The fraction of sp³-hybridized carbons (Fsp3) is 0.913. The summed E-state index contributed by atoms with van der Waals surface area (Å²) in [6, 6.07) is 0.284. The molecule has 1 aliphatic carbocycles. The molecule has 0 aromatic carbocycles. The summed E-state index contributed by atoms with van der Waals surface area (Å²) >= 11 is 1.74. The summed E-state index contributed by atoms with van der Waals surface area (Å²) in [5.41, 5.74) is -0.0883. The Labute approximate surface area is 194 Å². The Morgan fingerprint density at radius 2 is 1.94 bits per heavy atom. The van der Waals surface area contributed by atoms with Gasteiger partial charge in [0.05, 0.1) is 6.04 Å². The van der Waals surface area contributed by atoms with E-state index in [1.165, 1.54) is 0 Å². The lowest BCUT2D eigenvalue weighted by Gasteiger charge is -2.35. The van der Waals surface area contributed by atoms with Crippen LogP contribution in [0.2, 0.25) is 0 Å². The Bertz CT molecular complexity index is 709. The molecule has 0 aromatic heterocycles. The molecule has 3 N–H and O–H groups in total. The highest BCUT2D eigenvalue weighted by molar-refractivity contribution is 8.00. The predicted octanol–water partition coefficient (Wildman–Crippen LogP) is 1.62. The molecule has 0 radical (unpaired) electrons. The molecule has 5 fully saturated rings. The highest BCUT2D eigenvalue weighted by Gasteiger charge is 2.47. The largest absolute Gasteiger partial charge is 0.381 e. The van der Waals surface area contributed by atoms with Crippen LogP contribution in [0.3, 0.4) is 0 Å². The van der Waals surface area contributed by atoms with E-state index in [9.17, 15) is 14.0 Å². The van der Waals surface area contributed by atoms with Gasteiger partial charge in [-0.3, -0.25) is 14.9 Å². The summed E-state index contributed by atoms with van der Waals surface area (Å²) in [6.07, 6.45) is 4.76. The van der Waals surface area contributed by atoms with E-state index in [0.717, 1.165) is 38.6 Å². The molecule has 0 aromatic rings. The van der Waals surface area contributed by atoms with Gasteiger partial charge in [-0.15, -0.1) is 11.8 Å². The topological polar surface area (TPSA) is 82.7 Å². The van der Waals surface area contributed by atoms with Crippen molar-refractivity contribution in [1.82, 2.24) is 20.9 Å². The first-order valence-corrected chi connectivity index (χ1v) is 13.4. The summed E-state index contributed by atoms with van der Waals surface area (Å²) in [5, 5.41) is 10.5. The fourth-order valence-corrected chi connectivity index (χ4v) is 7.98. The van der Waals surface area contributed by atoms with Gasteiger partial charge in [0.15, 0.2) is 0 Å². The number of amides is 2. The summed E-state index contributed by atoms with van der Waals surface area (Å²) in [7, 11) is 0. The van der Waals surface area contributed by atoms with Gasteiger partial charge in [0.1, 0.15) is 11.7 Å². The number of ether oxygens (including phenoxy) is 1. The Balaban J connectivity index is 1.13. The van der Waals surface area contributed by atoms with Crippen LogP contribution in [0.25, 0.3) is 0 Å². The van der Waals surface area contributed by atoms with Gasteiger partial charge in [0.2, 0.25) is 11.8 Å². The van der Waals surface area contributed by atoms with E-state index >= 15 is 0 Å². The van der Waals surface area contributed by atoms with Crippen LogP contribution in [0, 0.1) is 17.8 Å². The predicted molar refractivity (Wildman–Crippen MR) is 122 cm³/mol. The molecule has 5 rings (SSSR count). The molecule has 8 atom stereocenters. The van der Waals surface area contributed by atoms with E-state index in [4.69, 9.17) is 4.74 Å².